The van der Waals surface area contributed by atoms with Crippen molar-refractivity contribution in [1.29, 1.82) is 0 Å². The van der Waals surface area contributed by atoms with Crippen LogP contribution < -0.4 is 0 Å². The molecule has 0 saturated carbocycles. The summed E-state index contributed by atoms with van der Waals surface area (Å²) in [6.07, 6.45) is -0.820. The summed E-state index contributed by atoms with van der Waals surface area (Å²) in [7, 11) is -5.77. The lowest BCUT2D eigenvalue weighted by Gasteiger charge is -2.34. The number of alkyl halides is 2. The molecule has 30 heavy (non-hydrogen) atoms. The monoisotopic (exact) mass is 471 g/mol. The van der Waals surface area contributed by atoms with Crippen molar-refractivity contribution in [3.05, 3.63) is 0 Å². The Morgan fingerprint density at radius 3 is 2.33 bits per heavy atom. The Morgan fingerprint density at radius 1 is 1.23 bits per heavy atom. The van der Waals surface area contributed by atoms with Crippen LogP contribution in [0.15, 0.2) is 0 Å². The standard InChI is InChI=1S/C17H23F2NO8S2/c1-6(2)15(22)28-11-10-12-8(14(21)20(10)7(3)4)9(13(11)29-12)16(23)27-5-17(18,19)30(24,25)26/h6-13H,5H2,1-4H3,(H,24,25,26). The summed E-state index contributed by atoms with van der Waals surface area (Å²) in [4.78, 5) is 39.4. The molecule has 6 unspecified atom stereocenters. The van der Waals surface area contributed by atoms with E-state index in [9.17, 15) is 31.6 Å². The minimum atomic E-state index is -5.77. The highest BCUT2D eigenvalue weighted by molar-refractivity contribution is 8.01. The highest BCUT2D eigenvalue weighted by Gasteiger charge is 2.72. The van der Waals surface area contributed by atoms with Crippen LogP contribution in [0.3, 0.4) is 0 Å². The summed E-state index contributed by atoms with van der Waals surface area (Å²) in [5, 5.41) is -5.75. The van der Waals surface area contributed by atoms with Gasteiger partial charge < -0.3 is 14.4 Å². The first-order valence-electron chi connectivity index (χ1n) is 9.38. The molecule has 3 saturated heterocycles. The van der Waals surface area contributed by atoms with Gasteiger partial charge in [0.15, 0.2) is 6.61 Å². The Morgan fingerprint density at radius 2 is 1.83 bits per heavy atom. The number of fused-ring (bicyclic) bond motifs is 1. The quantitative estimate of drug-likeness (QED) is 0.426. The second kappa shape index (κ2) is 7.59. The van der Waals surface area contributed by atoms with Gasteiger partial charge in [-0.3, -0.25) is 18.9 Å². The Labute approximate surface area is 176 Å². The van der Waals surface area contributed by atoms with Gasteiger partial charge in [-0.05, 0) is 13.8 Å². The van der Waals surface area contributed by atoms with Crippen molar-refractivity contribution in [2.45, 2.75) is 61.6 Å². The highest BCUT2D eigenvalue weighted by Crippen LogP contribution is 2.60. The fraction of sp³-hybridized carbons (Fsp3) is 0.824. The molecule has 9 nitrogen and oxygen atoms in total. The molecule has 0 aromatic rings. The number of carbonyl (C=O) groups excluding carboxylic acids is 3. The summed E-state index contributed by atoms with van der Waals surface area (Å²) in [6, 6.07) is -0.684. The molecule has 1 amide bonds. The average Bonchev–Trinajstić information content (AvgIpc) is 3.20. The topological polar surface area (TPSA) is 127 Å². The molecular weight excluding hydrogens is 448 g/mol. The van der Waals surface area contributed by atoms with Crippen LogP contribution in [-0.2, 0) is 34.0 Å². The largest absolute Gasteiger partial charge is 0.459 e. The molecule has 3 heterocycles. The lowest BCUT2D eigenvalue weighted by Crippen LogP contribution is -2.52. The second-order valence-electron chi connectivity index (χ2n) is 8.22. The SMILES string of the molecule is CC(C)C(=O)OC1C2SC3C(C(=O)N(C(C)C)C13)C2C(=O)OCC(F)(F)S(=O)(=O)O. The van der Waals surface area contributed by atoms with Crippen LogP contribution in [0.25, 0.3) is 0 Å². The molecule has 1 N–H and O–H groups in total. The third-order valence-electron chi connectivity index (χ3n) is 5.58. The molecular formula is C17H23F2NO8S2. The van der Waals surface area contributed by atoms with Crippen LogP contribution in [0.1, 0.15) is 27.7 Å². The molecule has 0 radical (unpaired) electrons. The number of thioether (sulfide) groups is 1. The summed E-state index contributed by atoms with van der Waals surface area (Å²) in [6.45, 7) is 4.95. The van der Waals surface area contributed by atoms with Gasteiger partial charge in [-0.1, -0.05) is 13.8 Å². The minimum absolute atomic E-state index is 0.242. The van der Waals surface area contributed by atoms with Gasteiger partial charge in [-0.25, -0.2) is 0 Å². The van der Waals surface area contributed by atoms with Gasteiger partial charge in [-0.2, -0.15) is 17.2 Å². The summed E-state index contributed by atoms with van der Waals surface area (Å²) < 4.78 is 67.1. The highest BCUT2D eigenvalue weighted by atomic mass is 32.2. The van der Waals surface area contributed by atoms with Gasteiger partial charge in [0.05, 0.1) is 29.0 Å². The molecule has 0 spiro atoms. The third kappa shape index (κ3) is 3.58. The van der Waals surface area contributed by atoms with Crippen molar-refractivity contribution in [3.63, 3.8) is 0 Å². The van der Waals surface area contributed by atoms with E-state index in [1.807, 2.05) is 0 Å². The molecule has 0 aromatic heterocycles. The first-order chi connectivity index (χ1) is 13.7. The van der Waals surface area contributed by atoms with E-state index in [-0.39, 0.29) is 17.2 Å². The Balaban J connectivity index is 1.87. The van der Waals surface area contributed by atoms with E-state index in [4.69, 9.17) is 9.29 Å². The number of nitrogens with zero attached hydrogens (tertiary/aromatic N) is 1. The number of amides is 1. The Kier molecular flexibility index (Phi) is 5.87. The first-order valence-corrected chi connectivity index (χ1v) is 11.8. The van der Waals surface area contributed by atoms with E-state index in [0.29, 0.717) is 0 Å². The Hall–Kier alpha value is -1.47. The zero-order chi connectivity index (χ0) is 22.8. The number of hydrogen-bond donors (Lipinski definition) is 1. The number of likely N-dealkylation sites (tertiary alicyclic amines) is 1. The maximum absolute atomic E-state index is 13.5. The number of carbonyl (C=O) groups is 3. The zero-order valence-corrected chi connectivity index (χ0v) is 18.3. The predicted molar refractivity (Wildman–Crippen MR) is 100 cm³/mol. The normalized spacial score (nSPS) is 33.0. The maximum atomic E-state index is 13.5. The second-order valence-corrected chi connectivity index (χ2v) is 11.1. The summed E-state index contributed by atoms with van der Waals surface area (Å²) >= 11 is 1.28. The number of esters is 2. The molecule has 170 valence electrons. The molecule has 0 aromatic carbocycles. The van der Waals surface area contributed by atoms with Crippen LogP contribution in [0.2, 0.25) is 0 Å². The van der Waals surface area contributed by atoms with Crippen LogP contribution in [-0.4, -0.2) is 76.3 Å². The van der Waals surface area contributed by atoms with Crippen LogP contribution in [0.5, 0.6) is 0 Å². The van der Waals surface area contributed by atoms with Crippen molar-refractivity contribution < 1.29 is 45.6 Å². The molecule has 0 aliphatic carbocycles. The van der Waals surface area contributed by atoms with Crippen LogP contribution in [0, 0.1) is 17.8 Å². The number of hydrogen-bond acceptors (Lipinski definition) is 8. The molecule has 3 rings (SSSR count). The number of halogens is 2. The molecule has 2 bridgehead atoms. The van der Waals surface area contributed by atoms with Crippen molar-refractivity contribution in [1.82, 2.24) is 4.90 Å². The average molecular weight is 472 g/mol. The molecule has 3 aliphatic heterocycles. The lowest BCUT2D eigenvalue weighted by atomic mass is 9.78. The van der Waals surface area contributed by atoms with Gasteiger partial charge >= 0.3 is 27.3 Å². The van der Waals surface area contributed by atoms with E-state index < -0.39 is 69.1 Å². The molecule has 13 heteroatoms. The van der Waals surface area contributed by atoms with Crippen molar-refractivity contribution >= 4 is 39.7 Å². The smallest absolute Gasteiger partial charge is 0.402 e. The number of ether oxygens (including phenoxy) is 2. The van der Waals surface area contributed by atoms with Gasteiger partial charge in [-0.15, -0.1) is 11.8 Å². The fourth-order valence-corrected chi connectivity index (χ4v) is 6.55. The van der Waals surface area contributed by atoms with Crippen molar-refractivity contribution in [3.8, 4) is 0 Å². The van der Waals surface area contributed by atoms with Gasteiger partial charge in [0, 0.05) is 11.3 Å². The van der Waals surface area contributed by atoms with Crippen LogP contribution >= 0.6 is 11.8 Å². The number of rotatable bonds is 7. The zero-order valence-electron chi connectivity index (χ0n) is 16.7. The Bertz CT molecular complexity index is 862. The molecule has 6 atom stereocenters. The van der Waals surface area contributed by atoms with E-state index in [2.05, 4.69) is 4.74 Å². The molecule has 3 aliphatic rings. The van der Waals surface area contributed by atoms with Gasteiger partial charge in [0.2, 0.25) is 5.91 Å². The van der Waals surface area contributed by atoms with E-state index in [0.717, 1.165) is 0 Å². The maximum Gasteiger partial charge on any atom is 0.402 e. The van der Waals surface area contributed by atoms with E-state index in [1.165, 1.54) is 11.8 Å². The van der Waals surface area contributed by atoms with Gasteiger partial charge in [0.25, 0.3) is 0 Å². The molecule has 3 fully saturated rings. The van der Waals surface area contributed by atoms with Crippen molar-refractivity contribution in [2.75, 3.05) is 6.61 Å². The van der Waals surface area contributed by atoms with E-state index >= 15 is 0 Å². The first kappa shape index (κ1) is 23.2. The lowest BCUT2D eigenvalue weighted by molar-refractivity contribution is -0.163. The predicted octanol–water partition coefficient (Wildman–Crippen LogP) is 0.927. The third-order valence-corrected chi connectivity index (χ3v) is 8.21. The van der Waals surface area contributed by atoms with E-state index in [1.54, 1.807) is 32.6 Å². The van der Waals surface area contributed by atoms with Crippen molar-refractivity contribution in [2.24, 2.45) is 17.8 Å². The summed E-state index contributed by atoms with van der Waals surface area (Å²) in [5.74, 6) is -4.53. The minimum Gasteiger partial charge on any atom is -0.459 e. The fourth-order valence-electron chi connectivity index (χ4n) is 4.26. The van der Waals surface area contributed by atoms with Crippen LogP contribution in [0.4, 0.5) is 8.78 Å². The summed E-state index contributed by atoms with van der Waals surface area (Å²) in [5.41, 5.74) is 0. The van der Waals surface area contributed by atoms with Gasteiger partial charge in [0.1, 0.15) is 6.10 Å².